The first-order valence-corrected chi connectivity index (χ1v) is 0.612. The zero-order valence-corrected chi connectivity index (χ0v) is 6.02. The minimum absolute atomic E-state index is 0. The third kappa shape index (κ3) is 81.2. The Balaban J connectivity index is -0.000000000833. The number of rotatable bonds is 0. The van der Waals surface area contributed by atoms with E-state index in [4.69, 9.17) is 4.46 Å². The molecule has 0 amide bonds. The van der Waals surface area contributed by atoms with E-state index in [2.05, 4.69) is 0 Å². The summed E-state index contributed by atoms with van der Waals surface area (Å²) >= 11 is 0. The van der Waals surface area contributed by atoms with Crippen molar-refractivity contribution in [1.29, 1.82) is 0 Å². The molecule has 0 aromatic heterocycles. The first-order chi connectivity index (χ1) is 1.00. The predicted molar refractivity (Wildman–Crippen MR) is 13.6 cm³/mol. The van der Waals surface area contributed by atoms with Crippen LogP contribution in [0.3, 0.4) is 0 Å². The van der Waals surface area contributed by atoms with Crippen molar-refractivity contribution in [3.8, 4) is 0 Å². The molecule has 1 radical (unpaired) electrons. The number of hydrogen-bond acceptors (Lipinski definition) is 1. The van der Waals surface area contributed by atoms with E-state index in [1.165, 1.54) is 0 Å². The molecule has 0 aliphatic rings. The van der Waals surface area contributed by atoms with E-state index >= 15 is 0 Å². The fraction of sp³-hybridized carbons (Fsp3) is 0. The molecule has 0 spiro atoms. The Morgan fingerprint density at radius 1 is 1.00 bits per heavy atom. The van der Waals surface area contributed by atoms with Gasteiger partial charge in [0.05, 0.1) is 0 Å². The van der Waals surface area contributed by atoms with E-state index in [-0.39, 0.29) is 45.4 Å². The molecule has 0 fully saturated rings. The monoisotopic (exact) mass is 158 g/mol. The smallest absolute Gasteiger partial charge is 2.00 e. The molecule has 29 valence electrons. The van der Waals surface area contributed by atoms with E-state index < -0.39 is 0 Å². The van der Waals surface area contributed by atoms with Crippen molar-refractivity contribution in [1.82, 2.24) is 0 Å². The number of hydrogen-bond donors (Lipinski definition) is 0. The van der Waals surface area contributed by atoms with Crippen molar-refractivity contribution < 1.29 is 32.5 Å². The topological polar surface area (TPSA) is 74.1 Å². The Hall–Kier alpha value is 0.989. The quantitative estimate of drug-likeness (QED) is 0.411. The summed E-state index contributed by atoms with van der Waals surface area (Å²) in [4.78, 5) is 0. The fourth-order valence-corrected chi connectivity index (χ4v) is 0. The van der Waals surface area contributed by atoms with E-state index in [0.29, 0.717) is 0 Å². The van der Waals surface area contributed by atoms with Crippen molar-refractivity contribution in [2.45, 2.75) is 0 Å². The molecular weight excluding hydrogens is 158 g/mol. The molecule has 0 heterocycles. The molecule has 0 aliphatic carbocycles. The van der Waals surface area contributed by atoms with Crippen molar-refractivity contribution in [2.75, 3.05) is 0 Å². The van der Waals surface area contributed by atoms with Crippen LogP contribution >= 0.6 is 0 Å². The van der Waals surface area contributed by atoms with Crippen LogP contribution in [-0.2, 0) is 32.5 Å². The van der Waals surface area contributed by atoms with E-state index in [0.717, 1.165) is 0 Å². The Labute approximate surface area is 60.2 Å². The molecule has 0 saturated heterocycles. The minimum Gasteiger partial charge on any atom is -2.00 e. The Kier molecular flexibility index (Phi) is 1610. The molecule has 3 nitrogen and oxygen atoms in total. The molecule has 0 atom stereocenters. The second kappa shape index (κ2) is 152. The maximum absolute atomic E-state index is 8.06. The van der Waals surface area contributed by atoms with Crippen molar-refractivity contribution in [3.63, 3.8) is 0 Å². The van der Waals surface area contributed by atoms with Crippen molar-refractivity contribution >= 4 is 27.5 Å². The third-order valence-electron chi connectivity index (χ3n) is 0. The zero-order valence-electron chi connectivity index (χ0n) is 2.68. The summed E-state index contributed by atoms with van der Waals surface area (Å²) in [6.07, 6.45) is 0. The van der Waals surface area contributed by atoms with Crippen LogP contribution in [0.4, 0.5) is 0 Å². The van der Waals surface area contributed by atoms with Crippen LogP contribution in [0, 0.1) is 0 Å². The van der Waals surface area contributed by atoms with E-state index in [1.54, 1.807) is 10.1 Å². The second-order valence-electron chi connectivity index (χ2n) is 0. The first-order valence-electron chi connectivity index (χ1n) is 0.204. The van der Waals surface area contributed by atoms with Crippen LogP contribution in [0.2, 0.25) is 0 Å². The summed E-state index contributed by atoms with van der Waals surface area (Å²) in [6, 6.07) is 0. The van der Waals surface area contributed by atoms with Gasteiger partial charge < -0.3 is 11.0 Å². The average Bonchev–Trinajstić information content (AvgIpc) is 1.00. The van der Waals surface area contributed by atoms with Crippen LogP contribution in [0.5, 0.6) is 0 Å². The summed E-state index contributed by atoms with van der Waals surface area (Å²) in [5.74, 6) is 0. The summed E-state index contributed by atoms with van der Waals surface area (Å²) in [5.41, 5.74) is 0. The molecule has 0 aromatic carbocycles. The Morgan fingerprint density at radius 3 is 1.00 bits per heavy atom. The summed E-state index contributed by atoms with van der Waals surface area (Å²) in [6.45, 7) is 0. The third-order valence-corrected chi connectivity index (χ3v) is 0. The molecule has 6 heavy (non-hydrogen) atoms. The van der Waals surface area contributed by atoms with Gasteiger partial charge in [-0.05, 0) is 0 Å². The molecule has 0 unspecified atom stereocenters. The molecule has 0 saturated carbocycles. The normalized spacial score (nSPS) is 1.00. The summed E-state index contributed by atoms with van der Waals surface area (Å²) in [5, 5.41) is 0. The van der Waals surface area contributed by atoms with E-state index in [9.17, 15) is 0 Å². The van der Waals surface area contributed by atoms with Gasteiger partial charge in [-0.15, -0.1) is 0 Å². The van der Waals surface area contributed by atoms with Crippen LogP contribution in [0.25, 0.3) is 0 Å². The molecule has 6 heteroatoms. The maximum atomic E-state index is 8.06. The van der Waals surface area contributed by atoms with Crippen LogP contribution in [-0.4, -0.2) is 27.5 Å². The fourth-order valence-electron chi connectivity index (χ4n) is 0. The van der Waals surface area contributed by atoms with E-state index in [1.807, 2.05) is 0 Å². The van der Waals surface area contributed by atoms with Crippen LogP contribution < -0.4 is 0 Å². The molecule has 0 rings (SSSR count). The largest absolute Gasteiger partial charge is 3.00 e. The predicted octanol–water partition coefficient (Wildman–Crippen LogP) is -1.12. The molecule has 0 N–H and O–H groups in total. The van der Waals surface area contributed by atoms with Gasteiger partial charge in [0, 0.05) is 0 Å². The van der Waals surface area contributed by atoms with Crippen LogP contribution in [0.15, 0.2) is 0 Å². The first kappa shape index (κ1) is 63.4. The minimum atomic E-state index is 0. The van der Waals surface area contributed by atoms with Gasteiger partial charge in [-0.25, -0.2) is 0 Å². The van der Waals surface area contributed by atoms with Gasteiger partial charge in [0.1, 0.15) is 0 Å². The van der Waals surface area contributed by atoms with Crippen molar-refractivity contribution in [2.24, 2.45) is 0 Å². The second-order valence-corrected chi connectivity index (χ2v) is 0. The van der Waals surface area contributed by atoms with Gasteiger partial charge in [-0.3, -0.25) is 0 Å². The average molecular weight is 158 g/mol. The van der Waals surface area contributed by atoms with Crippen LogP contribution in [0.1, 0.15) is 0 Å². The summed E-state index contributed by atoms with van der Waals surface area (Å²) in [7, 11) is 1.72. The Morgan fingerprint density at radius 2 is 1.00 bits per heavy atom. The zero-order chi connectivity index (χ0) is 2.00. The Bertz CT molecular complexity index is 10.8. The molecule has 0 bridgehead atoms. The standard InChI is InChI=1S/Al.Mn.OSi.2O/c;;1-2;;/q+3;2*+2;2*-2. The van der Waals surface area contributed by atoms with Gasteiger partial charge in [0.25, 0.3) is 0 Å². The molecule has 0 aromatic rings. The molecular formula is AlMnO3Si+3. The molecule has 0 aliphatic heterocycles. The van der Waals surface area contributed by atoms with Gasteiger partial charge in [-0.2, -0.15) is 0 Å². The maximum Gasteiger partial charge on any atom is 3.00 e. The van der Waals surface area contributed by atoms with Gasteiger partial charge in [0.15, 0.2) is 0 Å². The van der Waals surface area contributed by atoms with Crippen molar-refractivity contribution in [3.05, 3.63) is 0 Å². The summed E-state index contributed by atoms with van der Waals surface area (Å²) < 4.78 is 8.06. The SMILES string of the molecule is O=[Si+2].[Al+3].[Mn+2].[O-2].[O-2]. The van der Waals surface area contributed by atoms with Gasteiger partial charge in [0.2, 0.25) is 0 Å². The van der Waals surface area contributed by atoms with Gasteiger partial charge >= 0.3 is 49.0 Å². The van der Waals surface area contributed by atoms with Gasteiger partial charge in [-0.1, -0.05) is 0 Å².